The van der Waals surface area contributed by atoms with Crippen molar-refractivity contribution in [3.05, 3.63) is 32.3 Å². The first-order chi connectivity index (χ1) is 8.01. The van der Waals surface area contributed by atoms with Crippen LogP contribution >= 0.6 is 15.9 Å². The van der Waals surface area contributed by atoms with Gasteiger partial charge in [0.05, 0.1) is 22.2 Å². The predicted octanol–water partition coefficient (Wildman–Crippen LogP) is 2.11. The number of carbonyl (C=O) groups excluding carboxylic acids is 2. The molecule has 8 heteroatoms. The van der Waals surface area contributed by atoms with Crippen LogP contribution in [0.2, 0.25) is 0 Å². The van der Waals surface area contributed by atoms with Gasteiger partial charge in [-0.15, -0.1) is 0 Å². The second-order valence-electron chi connectivity index (χ2n) is 2.77. The molecule has 17 heavy (non-hydrogen) atoms. The van der Waals surface area contributed by atoms with Crippen molar-refractivity contribution < 1.29 is 19.2 Å². The van der Waals surface area contributed by atoms with Gasteiger partial charge < -0.3 is 4.74 Å². The highest BCUT2D eigenvalue weighted by molar-refractivity contribution is 9.10. The summed E-state index contributed by atoms with van der Waals surface area (Å²) in [6.45, 7) is 0. The second-order valence-corrected chi connectivity index (χ2v) is 3.63. The smallest absolute Gasteiger partial charge is 0.344 e. The van der Waals surface area contributed by atoms with Crippen molar-refractivity contribution >= 4 is 39.4 Å². The number of isocyanates is 1. The lowest BCUT2D eigenvalue weighted by Gasteiger charge is -2.03. The Morgan fingerprint density at radius 2 is 2.24 bits per heavy atom. The number of nitro groups is 1. The lowest BCUT2D eigenvalue weighted by molar-refractivity contribution is -0.385. The van der Waals surface area contributed by atoms with Crippen molar-refractivity contribution in [2.45, 2.75) is 0 Å². The lowest BCUT2D eigenvalue weighted by Crippen LogP contribution is -2.05. The van der Waals surface area contributed by atoms with E-state index in [1.54, 1.807) is 0 Å². The molecule has 0 aliphatic carbocycles. The quantitative estimate of drug-likeness (QED) is 0.280. The topological polar surface area (TPSA) is 98.9 Å². The minimum Gasteiger partial charge on any atom is -0.465 e. The molecule has 7 nitrogen and oxygen atoms in total. The van der Waals surface area contributed by atoms with Crippen LogP contribution in [0.3, 0.4) is 0 Å². The van der Waals surface area contributed by atoms with Crippen LogP contribution in [-0.4, -0.2) is 24.1 Å². The van der Waals surface area contributed by atoms with Crippen LogP contribution in [0, 0.1) is 10.1 Å². The number of ether oxygens (including phenoxy) is 1. The molecule has 0 aliphatic rings. The molecule has 0 radical (unpaired) electrons. The molecule has 1 rings (SSSR count). The number of hydrogen-bond donors (Lipinski definition) is 0. The molecule has 0 saturated carbocycles. The zero-order valence-corrected chi connectivity index (χ0v) is 10.1. The minimum absolute atomic E-state index is 0.0611. The van der Waals surface area contributed by atoms with Gasteiger partial charge in [0.25, 0.3) is 5.69 Å². The molecule has 0 unspecified atom stereocenters. The Hall–Kier alpha value is -2.05. The third kappa shape index (κ3) is 2.74. The number of aliphatic imine (C=N–C) groups is 1. The van der Waals surface area contributed by atoms with Crippen LogP contribution in [0.25, 0.3) is 0 Å². The van der Waals surface area contributed by atoms with E-state index in [1.807, 2.05) is 0 Å². The zero-order valence-electron chi connectivity index (χ0n) is 8.47. The Bertz CT molecular complexity index is 536. The maximum Gasteiger partial charge on any atom is 0.344 e. The highest BCUT2D eigenvalue weighted by Crippen LogP contribution is 2.33. The van der Waals surface area contributed by atoms with E-state index in [1.165, 1.54) is 6.08 Å². The molecule has 0 fully saturated rings. The Kier molecular flexibility index (Phi) is 4.08. The summed E-state index contributed by atoms with van der Waals surface area (Å²) in [5.74, 6) is -0.883. The van der Waals surface area contributed by atoms with E-state index in [0.717, 1.165) is 19.2 Å². The number of methoxy groups -OCH3 is 1. The summed E-state index contributed by atoms with van der Waals surface area (Å²) < 4.78 is 4.61. The van der Waals surface area contributed by atoms with Crippen molar-refractivity contribution in [1.82, 2.24) is 0 Å². The molecular weight excluding hydrogens is 296 g/mol. The van der Waals surface area contributed by atoms with E-state index < -0.39 is 16.6 Å². The third-order valence-electron chi connectivity index (χ3n) is 1.83. The average molecular weight is 301 g/mol. The highest BCUT2D eigenvalue weighted by Gasteiger charge is 2.23. The van der Waals surface area contributed by atoms with Gasteiger partial charge in [-0.1, -0.05) is 0 Å². The minimum atomic E-state index is -0.883. The fraction of sp³-hybridized carbons (Fsp3) is 0.111. The number of halogens is 1. The third-order valence-corrected chi connectivity index (χ3v) is 2.47. The summed E-state index contributed by atoms with van der Waals surface area (Å²) in [4.78, 5) is 34.8. The number of carbonyl (C=O) groups is 1. The fourth-order valence-electron chi connectivity index (χ4n) is 1.11. The van der Waals surface area contributed by atoms with Crippen molar-refractivity contribution in [1.29, 1.82) is 0 Å². The van der Waals surface area contributed by atoms with Crippen LogP contribution < -0.4 is 0 Å². The molecule has 0 saturated heterocycles. The first-order valence-corrected chi connectivity index (χ1v) is 4.94. The average Bonchev–Trinajstić information content (AvgIpc) is 2.30. The molecule has 0 bridgehead atoms. The van der Waals surface area contributed by atoms with Crippen molar-refractivity contribution in [2.24, 2.45) is 4.99 Å². The van der Waals surface area contributed by atoms with Gasteiger partial charge in [-0.25, -0.2) is 9.59 Å². The Labute approximate surface area is 103 Å². The van der Waals surface area contributed by atoms with Gasteiger partial charge in [0, 0.05) is 6.07 Å². The Morgan fingerprint density at radius 3 is 2.71 bits per heavy atom. The second kappa shape index (κ2) is 5.33. The molecule has 0 amide bonds. The van der Waals surface area contributed by atoms with Crippen LogP contribution in [0.15, 0.2) is 21.6 Å². The summed E-state index contributed by atoms with van der Waals surface area (Å²) >= 11 is 2.99. The maximum absolute atomic E-state index is 11.3. The molecule has 0 N–H and O–H groups in total. The van der Waals surface area contributed by atoms with Crippen molar-refractivity contribution in [3.63, 3.8) is 0 Å². The Balaban J connectivity index is 3.52. The molecule has 1 aromatic rings. The van der Waals surface area contributed by atoms with Gasteiger partial charge in [-0.2, -0.15) is 4.99 Å². The molecule has 0 spiro atoms. The summed E-state index contributed by atoms with van der Waals surface area (Å²) in [6, 6.07) is 2.15. The molecule has 0 heterocycles. The van der Waals surface area contributed by atoms with Gasteiger partial charge in [-0.05, 0) is 22.0 Å². The van der Waals surface area contributed by atoms with Gasteiger partial charge >= 0.3 is 5.97 Å². The van der Waals surface area contributed by atoms with E-state index in [-0.39, 0.29) is 15.7 Å². The maximum atomic E-state index is 11.3. The predicted molar refractivity (Wildman–Crippen MR) is 59.9 cm³/mol. The first-order valence-electron chi connectivity index (χ1n) is 4.15. The fourth-order valence-corrected chi connectivity index (χ4v) is 1.53. The van der Waals surface area contributed by atoms with Crippen molar-refractivity contribution in [3.8, 4) is 0 Å². The Morgan fingerprint density at radius 1 is 1.59 bits per heavy atom. The largest absolute Gasteiger partial charge is 0.465 e. The molecule has 88 valence electrons. The number of esters is 1. The number of rotatable bonds is 3. The molecule has 0 aromatic heterocycles. The van der Waals surface area contributed by atoms with E-state index in [0.29, 0.717) is 0 Å². The van der Waals surface area contributed by atoms with Gasteiger partial charge in [0.2, 0.25) is 6.08 Å². The molecular formula is C9H5BrN2O5. The van der Waals surface area contributed by atoms with E-state index in [9.17, 15) is 19.7 Å². The van der Waals surface area contributed by atoms with Crippen molar-refractivity contribution in [2.75, 3.05) is 7.11 Å². The van der Waals surface area contributed by atoms with Crippen LogP contribution in [0.5, 0.6) is 0 Å². The van der Waals surface area contributed by atoms with Crippen LogP contribution in [0.1, 0.15) is 10.4 Å². The molecule has 1 aromatic carbocycles. The standard InChI is InChI=1S/C9H5BrN2O5/c1-17-9(14)5-2-7(11-4-13)6(10)3-8(5)12(15)16/h2-3H,1H3. The summed E-state index contributed by atoms with van der Waals surface area (Å²) in [6.07, 6.45) is 1.28. The summed E-state index contributed by atoms with van der Waals surface area (Å²) in [7, 11) is 1.09. The van der Waals surface area contributed by atoms with Gasteiger partial charge in [0.1, 0.15) is 5.56 Å². The molecule has 0 aliphatic heterocycles. The zero-order chi connectivity index (χ0) is 13.0. The number of nitrogens with zero attached hydrogens (tertiary/aromatic N) is 2. The van der Waals surface area contributed by atoms with E-state index in [4.69, 9.17) is 0 Å². The highest BCUT2D eigenvalue weighted by atomic mass is 79.9. The van der Waals surface area contributed by atoms with E-state index >= 15 is 0 Å². The van der Waals surface area contributed by atoms with Crippen LogP contribution in [0.4, 0.5) is 11.4 Å². The summed E-state index contributed by atoms with van der Waals surface area (Å²) in [5, 5.41) is 10.7. The normalized spacial score (nSPS) is 9.29. The first kappa shape index (κ1) is 13.0. The molecule has 0 atom stereocenters. The van der Waals surface area contributed by atoms with Crippen LogP contribution in [-0.2, 0) is 9.53 Å². The number of nitro benzene ring substituents is 1. The van der Waals surface area contributed by atoms with E-state index in [2.05, 4.69) is 25.7 Å². The summed E-state index contributed by atoms with van der Waals surface area (Å²) in [5.41, 5.74) is -0.658. The SMILES string of the molecule is COC(=O)c1cc(N=C=O)c(Br)cc1[N+](=O)[O-]. The monoisotopic (exact) mass is 300 g/mol. The van der Waals surface area contributed by atoms with Gasteiger partial charge in [0.15, 0.2) is 0 Å². The number of benzene rings is 1. The number of hydrogen-bond acceptors (Lipinski definition) is 6. The lowest BCUT2D eigenvalue weighted by atomic mass is 10.1. The van der Waals surface area contributed by atoms with Gasteiger partial charge in [-0.3, -0.25) is 10.1 Å².